The number of nitrogens with zero attached hydrogens (tertiary/aromatic N) is 3. The molecule has 5 heteroatoms. The summed E-state index contributed by atoms with van der Waals surface area (Å²) >= 11 is 6.31. The average molecular weight is 294 g/mol. The summed E-state index contributed by atoms with van der Waals surface area (Å²) in [4.78, 5) is 9.24. The number of imidazole rings is 1. The molecular formula is C15H20ClN3O. The minimum absolute atomic E-state index is 0.108. The van der Waals surface area contributed by atoms with E-state index in [1.165, 1.54) is 0 Å². The van der Waals surface area contributed by atoms with Gasteiger partial charge in [0.25, 0.3) is 0 Å². The summed E-state index contributed by atoms with van der Waals surface area (Å²) in [5.41, 5.74) is 3.08. The number of alkyl halides is 1. The zero-order valence-electron chi connectivity index (χ0n) is 12.0. The molecule has 1 saturated heterocycles. The maximum atomic E-state index is 6.31. The molecule has 1 aliphatic rings. The number of hydrogen-bond donors (Lipinski definition) is 0. The second-order valence-corrected chi connectivity index (χ2v) is 6.21. The van der Waals surface area contributed by atoms with Gasteiger partial charge < -0.3 is 9.30 Å². The van der Waals surface area contributed by atoms with Crippen LogP contribution in [-0.2, 0) is 11.3 Å². The lowest BCUT2D eigenvalue weighted by Crippen LogP contribution is -2.21. The maximum Gasteiger partial charge on any atom is 0.160 e. The molecular weight excluding hydrogens is 274 g/mol. The highest BCUT2D eigenvalue weighted by atomic mass is 35.5. The smallest absolute Gasteiger partial charge is 0.160 e. The van der Waals surface area contributed by atoms with E-state index in [2.05, 4.69) is 16.5 Å². The predicted molar refractivity (Wildman–Crippen MR) is 80.1 cm³/mol. The van der Waals surface area contributed by atoms with Gasteiger partial charge in [0.05, 0.1) is 5.38 Å². The largest absolute Gasteiger partial charge is 0.381 e. The van der Waals surface area contributed by atoms with E-state index in [1.54, 1.807) is 0 Å². The molecule has 1 fully saturated rings. The van der Waals surface area contributed by atoms with Crippen molar-refractivity contribution in [3.63, 3.8) is 0 Å². The van der Waals surface area contributed by atoms with Gasteiger partial charge in [-0.05, 0) is 44.2 Å². The molecule has 3 heterocycles. The average Bonchev–Trinajstić information content (AvgIpc) is 2.81. The van der Waals surface area contributed by atoms with E-state index in [1.807, 2.05) is 19.2 Å². The fourth-order valence-electron chi connectivity index (χ4n) is 2.83. The molecule has 0 radical (unpaired) electrons. The molecule has 0 aromatic carbocycles. The second-order valence-electron chi connectivity index (χ2n) is 5.55. The van der Waals surface area contributed by atoms with Gasteiger partial charge in [0.15, 0.2) is 5.65 Å². The quantitative estimate of drug-likeness (QED) is 0.814. The van der Waals surface area contributed by atoms with Gasteiger partial charge >= 0.3 is 0 Å². The van der Waals surface area contributed by atoms with Gasteiger partial charge in [0.2, 0.25) is 0 Å². The van der Waals surface area contributed by atoms with E-state index < -0.39 is 0 Å². The number of halogens is 1. The fraction of sp³-hybridized carbons (Fsp3) is 0.600. The van der Waals surface area contributed by atoms with Crippen LogP contribution in [0.5, 0.6) is 0 Å². The van der Waals surface area contributed by atoms with Crippen LogP contribution in [0, 0.1) is 12.8 Å². The van der Waals surface area contributed by atoms with Crippen molar-refractivity contribution < 1.29 is 4.74 Å². The number of ether oxygens (including phenoxy) is 1. The van der Waals surface area contributed by atoms with Crippen LogP contribution in [0.3, 0.4) is 0 Å². The van der Waals surface area contributed by atoms with E-state index in [9.17, 15) is 0 Å². The monoisotopic (exact) mass is 293 g/mol. The van der Waals surface area contributed by atoms with E-state index >= 15 is 0 Å². The standard InChI is InChI=1S/C15H20ClN3O/c1-10-3-6-17-15-13(10)18-14(11(2)16)19(15)9-12-4-7-20-8-5-12/h3,6,11-12H,4-5,7-9H2,1-2H3. The van der Waals surface area contributed by atoms with Crippen molar-refractivity contribution in [3.8, 4) is 0 Å². The molecule has 0 aliphatic carbocycles. The molecule has 0 bridgehead atoms. The van der Waals surface area contributed by atoms with E-state index in [0.29, 0.717) is 5.92 Å². The highest BCUT2D eigenvalue weighted by Gasteiger charge is 2.21. The first-order chi connectivity index (χ1) is 9.66. The number of fused-ring (bicyclic) bond motifs is 1. The van der Waals surface area contributed by atoms with E-state index in [-0.39, 0.29) is 5.38 Å². The van der Waals surface area contributed by atoms with Gasteiger partial charge in [0.1, 0.15) is 11.3 Å². The summed E-state index contributed by atoms with van der Waals surface area (Å²) in [6.07, 6.45) is 4.05. The van der Waals surface area contributed by atoms with E-state index in [0.717, 1.165) is 55.2 Å². The molecule has 1 unspecified atom stereocenters. The van der Waals surface area contributed by atoms with Gasteiger partial charge in [-0.2, -0.15) is 0 Å². The van der Waals surface area contributed by atoms with Crippen LogP contribution in [0.2, 0.25) is 0 Å². The van der Waals surface area contributed by atoms with Crippen LogP contribution in [-0.4, -0.2) is 27.7 Å². The molecule has 2 aromatic heterocycles. The highest BCUT2D eigenvalue weighted by molar-refractivity contribution is 6.20. The van der Waals surface area contributed by atoms with Crippen molar-refractivity contribution in [3.05, 3.63) is 23.7 Å². The Labute approximate surface area is 124 Å². The first-order valence-electron chi connectivity index (χ1n) is 7.20. The molecule has 4 nitrogen and oxygen atoms in total. The molecule has 1 aliphatic heterocycles. The van der Waals surface area contributed by atoms with Gasteiger partial charge in [0, 0.05) is 26.0 Å². The van der Waals surface area contributed by atoms with Crippen molar-refractivity contribution in [1.82, 2.24) is 14.5 Å². The van der Waals surface area contributed by atoms with Gasteiger partial charge in [-0.15, -0.1) is 11.6 Å². The fourth-order valence-corrected chi connectivity index (χ4v) is 2.99. The Morgan fingerprint density at radius 2 is 2.20 bits per heavy atom. The molecule has 20 heavy (non-hydrogen) atoms. The topological polar surface area (TPSA) is 39.9 Å². The molecule has 1 atom stereocenters. The van der Waals surface area contributed by atoms with Gasteiger partial charge in [-0.3, -0.25) is 0 Å². The van der Waals surface area contributed by atoms with Gasteiger partial charge in [-0.1, -0.05) is 0 Å². The third kappa shape index (κ3) is 2.54. The lowest BCUT2D eigenvalue weighted by Gasteiger charge is -2.23. The summed E-state index contributed by atoms with van der Waals surface area (Å²) in [5, 5.41) is -0.108. The molecule has 2 aromatic rings. The highest BCUT2D eigenvalue weighted by Crippen LogP contribution is 2.27. The number of pyridine rings is 1. The molecule has 0 N–H and O–H groups in total. The number of aromatic nitrogens is 3. The Morgan fingerprint density at radius 1 is 1.45 bits per heavy atom. The first-order valence-corrected chi connectivity index (χ1v) is 7.64. The van der Waals surface area contributed by atoms with Crippen molar-refractivity contribution in [1.29, 1.82) is 0 Å². The Hall–Kier alpha value is -1.13. The Bertz CT molecular complexity index is 602. The third-order valence-electron chi connectivity index (χ3n) is 4.00. The number of rotatable bonds is 3. The SMILES string of the molecule is Cc1ccnc2c1nc(C(C)Cl)n2CC1CCOCC1. The number of aryl methyl sites for hydroxylation is 1. The Balaban J connectivity index is 2.02. The molecule has 0 saturated carbocycles. The molecule has 0 spiro atoms. The summed E-state index contributed by atoms with van der Waals surface area (Å²) < 4.78 is 7.64. The minimum Gasteiger partial charge on any atom is -0.381 e. The third-order valence-corrected chi connectivity index (χ3v) is 4.20. The normalized spacial score (nSPS) is 18.6. The van der Waals surface area contributed by atoms with Crippen LogP contribution in [0.4, 0.5) is 0 Å². The zero-order valence-corrected chi connectivity index (χ0v) is 12.7. The zero-order chi connectivity index (χ0) is 14.1. The van der Waals surface area contributed by atoms with Crippen molar-refractivity contribution >= 4 is 22.8 Å². The predicted octanol–water partition coefficient (Wildman–Crippen LogP) is 3.47. The van der Waals surface area contributed by atoms with Crippen LogP contribution in [0.25, 0.3) is 11.2 Å². The van der Waals surface area contributed by atoms with Gasteiger partial charge in [-0.25, -0.2) is 9.97 Å². The van der Waals surface area contributed by atoms with Crippen molar-refractivity contribution in [2.24, 2.45) is 5.92 Å². The molecule has 0 amide bonds. The van der Waals surface area contributed by atoms with Crippen molar-refractivity contribution in [2.75, 3.05) is 13.2 Å². The second kappa shape index (κ2) is 5.70. The van der Waals surface area contributed by atoms with Crippen LogP contribution >= 0.6 is 11.6 Å². The number of hydrogen-bond acceptors (Lipinski definition) is 3. The minimum atomic E-state index is -0.108. The molecule has 108 valence electrons. The summed E-state index contributed by atoms with van der Waals surface area (Å²) in [6, 6.07) is 2.00. The summed E-state index contributed by atoms with van der Waals surface area (Å²) in [5.74, 6) is 1.55. The first kappa shape index (κ1) is 13.8. The van der Waals surface area contributed by atoms with E-state index in [4.69, 9.17) is 21.3 Å². The summed E-state index contributed by atoms with van der Waals surface area (Å²) in [7, 11) is 0. The maximum absolute atomic E-state index is 6.31. The van der Waals surface area contributed by atoms with Crippen molar-refractivity contribution in [2.45, 2.75) is 38.6 Å². The van der Waals surface area contributed by atoms with Crippen LogP contribution in [0.15, 0.2) is 12.3 Å². The molecule has 3 rings (SSSR count). The van der Waals surface area contributed by atoms with Crippen LogP contribution < -0.4 is 0 Å². The summed E-state index contributed by atoms with van der Waals surface area (Å²) in [6.45, 7) is 6.69. The lowest BCUT2D eigenvalue weighted by atomic mass is 10.0. The Kier molecular flexibility index (Phi) is 3.94. The Morgan fingerprint density at radius 3 is 2.90 bits per heavy atom. The lowest BCUT2D eigenvalue weighted by molar-refractivity contribution is 0.0613. The van der Waals surface area contributed by atoms with Crippen LogP contribution in [0.1, 0.15) is 36.5 Å².